The molecule has 7 aromatic rings. The number of nitrogens with two attached hydrogens (primary N) is 2. The number of anilines is 2. The SMILES string of the molecule is Cc1nn(-c2nc(O)nc(-n3nc(C)c(N=Nc4c(C#N)cnn4-c4cc(C(=O)O)cc(C(=O)O)c4)c3N)n2)c(N)c1N=Nc1c(C#N)cnn1-c1cc(OCO)cc(C(=O)O)c1. The van der Waals surface area contributed by atoms with Crippen LogP contribution in [0.5, 0.6) is 11.8 Å². The zero-order valence-corrected chi connectivity index (χ0v) is 32.0. The lowest BCUT2D eigenvalue weighted by Gasteiger charge is -2.09. The standard InChI is InChI=1S/C35H25N19O9/c1-14-24(45-47-28-19(9-36)11-40-51(28)21-4-16(30(56)57)3-17(5-21)31(58)59)26(38)53(49-14)33-42-34(44-35(62)43-33)54-27(39)25(15(2)50-54)46-48-29-20(10-37)12-41-52(29)22-6-18(32(60)61)7-23(8-22)63-13-55/h3-8,11-12,55H,13,38-39H2,1-2H3,(H,56,57)(H,58,59)(H,60,61)(H,42,43,44,62). The van der Waals surface area contributed by atoms with Crippen LogP contribution in [0.15, 0.2) is 69.2 Å². The molecule has 0 bridgehead atoms. The molecule has 0 aliphatic rings. The second kappa shape index (κ2) is 16.4. The van der Waals surface area contributed by atoms with Gasteiger partial charge >= 0.3 is 23.9 Å². The lowest BCUT2D eigenvalue weighted by Crippen LogP contribution is -2.13. The molecule has 2 aromatic carbocycles. The van der Waals surface area contributed by atoms with E-state index in [4.69, 9.17) is 16.2 Å². The number of nitrogen functional groups attached to an aromatic ring is 2. The maximum atomic E-state index is 11.8. The number of nitrogens with zero attached hydrogens (tertiary/aromatic N) is 17. The van der Waals surface area contributed by atoms with E-state index in [-0.39, 0.29) is 103 Å². The topological polar surface area (TPSA) is 421 Å². The summed E-state index contributed by atoms with van der Waals surface area (Å²) in [5.41, 5.74) is 11.9. The largest absolute Gasteiger partial charge is 0.479 e. The van der Waals surface area contributed by atoms with Crippen molar-refractivity contribution in [2.24, 2.45) is 20.5 Å². The van der Waals surface area contributed by atoms with Crippen LogP contribution in [-0.2, 0) is 0 Å². The Morgan fingerprint density at radius 2 is 1.10 bits per heavy atom. The molecule has 314 valence electrons. The molecule has 9 N–H and O–H groups in total. The van der Waals surface area contributed by atoms with E-state index in [0.29, 0.717) is 0 Å². The van der Waals surface area contributed by atoms with Crippen LogP contribution >= 0.6 is 0 Å². The van der Waals surface area contributed by atoms with Crippen molar-refractivity contribution in [3.05, 3.63) is 88.0 Å². The fourth-order valence-corrected chi connectivity index (χ4v) is 5.73. The van der Waals surface area contributed by atoms with Gasteiger partial charge in [0.1, 0.15) is 29.0 Å². The Morgan fingerprint density at radius 3 is 1.51 bits per heavy atom. The third kappa shape index (κ3) is 7.83. The molecule has 0 saturated heterocycles. The Morgan fingerprint density at radius 1 is 0.667 bits per heavy atom. The van der Waals surface area contributed by atoms with Crippen LogP contribution < -0.4 is 16.2 Å². The van der Waals surface area contributed by atoms with Gasteiger partial charge in [-0.05, 0) is 44.2 Å². The third-order valence-corrected chi connectivity index (χ3v) is 8.59. The highest BCUT2D eigenvalue weighted by atomic mass is 16.6. The van der Waals surface area contributed by atoms with Gasteiger partial charge in [-0.25, -0.2) is 23.7 Å². The zero-order valence-electron chi connectivity index (χ0n) is 32.0. The summed E-state index contributed by atoms with van der Waals surface area (Å²) in [6.45, 7) is 2.24. The number of carboxylic acids is 3. The number of carboxylic acid groups (broad SMARTS) is 3. The number of aliphatic hydroxyl groups is 1. The molecule has 63 heavy (non-hydrogen) atoms. The molecule has 28 heteroatoms. The Kier molecular flexibility index (Phi) is 10.7. The molecule has 0 unspecified atom stereocenters. The summed E-state index contributed by atoms with van der Waals surface area (Å²) < 4.78 is 9.16. The maximum Gasteiger partial charge on any atom is 0.335 e. The quantitative estimate of drug-likeness (QED) is 0.0647. The number of aliphatic hydroxyl groups excluding tert-OH is 1. The summed E-state index contributed by atoms with van der Waals surface area (Å²) >= 11 is 0. The van der Waals surface area contributed by atoms with Crippen LogP contribution in [0.4, 0.5) is 34.6 Å². The summed E-state index contributed by atoms with van der Waals surface area (Å²) in [5.74, 6) is -5.68. The first-order valence-electron chi connectivity index (χ1n) is 17.3. The Labute approximate surface area is 349 Å². The van der Waals surface area contributed by atoms with Gasteiger partial charge < -0.3 is 41.7 Å². The molecule has 7 rings (SSSR count). The van der Waals surface area contributed by atoms with Crippen LogP contribution in [0.2, 0.25) is 0 Å². The summed E-state index contributed by atoms with van der Waals surface area (Å²) in [5, 5.41) is 101. The van der Waals surface area contributed by atoms with Crippen molar-refractivity contribution < 1.29 is 44.7 Å². The molecule has 0 fully saturated rings. The van der Waals surface area contributed by atoms with Gasteiger partial charge in [-0.3, -0.25) is 0 Å². The van der Waals surface area contributed by atoms with Crippen LogP contribution in [0.3, 0.4) is 0 Å². The molecule has 0 radical (unpaired) electrons. The average molecular weight is 856 g/mol. The molecule has 0 atom stereocenters. The number of hydrogen-bond donors (Lipinski definition) is 7. The molecule has 0 aliphatic heterocycles. The van der Waals surface area contributed by atoms with Gasteiger partial charge in [-0.2, -0.15) is 55.2 Å². The molecule has 5 heterocycles. The van der Waals surface area contributed by atoms with Gasteiger partial charge in [0.25, 0.3) is 11.9 Å². The first-order valence-corrected chi connectivity index (χ1v) is 17.3. The highest BCUT2D eigenvalue weighted by molar-refractivity contribution is 5.95. The number of carbonyl (C=O) groups is 3. The number of aromatic nitrogens is 11. The van der Waals surface area contributed by atoms with E-state index in [0.717, 1.165) is 43.1 Å². The molecule has 0 amide bonds. The van der Waals surface area contributed by atoms with Crippen molar-refractivity contribution in [1.29, 1.82) is 10.5 Å². The van der Waals surface area contributed by atoms with Crippen molar-refractivity contribution in [3.63, 3.8) is 0 Å². The molecule has 28 nitrogen and oxygen atoms in total. The van der Waals surface area contributed by atoms with Crippen molar-refractivity contribution in [1.82, 2.24) is 54.1 Å². The Bertz CT molecular complexity index is 3150. The number of nitriles is 2. The normalized spacial score (nSPS) is 11.3. The van der Waals surface area contributed by atoms with E-state index in [1.165, 1.54) is 38.2 Å². The number of hydrogen-bond acceptors (Lipinski definition) is 21. The van der Waals surface area contributed by atoms with Crippen LogP contribution in [0.25, 0.3) is 23.3 Å². The van der Waals surface area contributed by atoms with Gasteiger partial charge in [0.2, 0.25) is 0 Å². The maximum absolute atomic E-state index is 11.8. The van der Waals surface area contributed by atoms with E-state index in [9.17, 15) is 50.4 Å². The highest BCUT2D eigenvalue weighted by Gasteiger charge is 2.24. The highest BCUT2D eigenvalue weighted by Crippen LogP contribution is 2.35. The number of aryl methyl sites for hydroxylation is 2. The predicted octanol–water partition coefficient (Wildman–Crippen LogP) is 3.10. The number of benzene rings is 2. The molecule has 0 spiro atoms. The number of aromatic hydroxyl groups is 1. The molecular formula is C35H25N19O9. The minimum atomic E-state index is -1.42. The fourth-order valence-electron chi connectivity index (χ4n) is 5.73. The smallest absolute Gasteiger partial charge is 0.335 e. The average Bonchev–Trinajstić information content (AvgIpc) is 4.01. The van der Waals surface area contributed by atoms with Crippen molar-refractivity contribution in [2.75, 3.05) is 18.3 Å². The van der Waals surface area contributed by atoms with Crippen LogP contribution in [0.1, 0.15) is 53.6 Å². The lowest BCUT2D eigenvalue weighted by atomic mass is 10.1. The van der Waals surface area contributed by atoms with Gasteiger partial charge in [0.05, 0.1) is 51.8 Å². The first kappa shape index (κ1) is 41.2. The summed E-state index contributed by atoms with van der Waals surface area (Å²) in [6, 6.07) is 9.93. The molecular weight excluding hydrogens is 831 g/mol. The van der Waals surface area contributed by atoms with Crippen LogP contribution in [-0.4, -0.2) is 104 Å². The van der Waals surface area contributed by atoms with Crippen molar-refractivity contribution in [3.8, 4) is 47.2 Å². The van der Waals surface area contributed by atoms with Gasteiger partial charge in [-0.1, -0.05) is 0 Å². The van der Waals surface area contributed by atoms with E-state index in [2.05, 4.69) is 55.8 Å². The Hall–Kier alpha value is -9.96. The van der Waals surface area contributed by atoms with E-state index >= 15 is 0 Å². The van der Waals surface area contributed by atoms with Gasteiger partial charge in [0.15, 0.2) is 41.4 Å². The Balaban J connectivity index is 1.23. The van der Waals surface area contributed by atoms with Crippen molar-refractivity contribution >= 4 is 52.6 Å². The zero-order chi connectivity index (χ0) is 45.3. The summed E-state index contributed by atoms with van der Waals surface area (Å²) in [4.78, 5) is 47.4. The van der Waals surface area contributed by atoms with E-state index in [1.807, 2.05) is 12.1 Å². The fraction of sp³-hybridized carbons (Fsp3) is 0.0857. The number of azo groups is 2. The van der Waals surface area contributed by atoms with E-state index < -0.39 is 30.7 Å². The second-order valence-electron chi connectivity index (χ2n) is 12.6. The monoisotopic (exact) mass is 855 g/mol. The minimum Gasteiger partial charge on any atom is -0.479 e. The van der Waals surface area contributed by atoms with Crippen molar-refractivity contribution in [2.45, 2.75) is 13.8 Å². The number of rotatable bonds is 13. The van der Waals surface area contributed by atoms with Gasteiger partial charge in [-0.15, -0.1) is 20.5 Å². The molecule has 5 aromatic heterocycles. The molecule has 0 aliphatic carbocycles. The van der Waals surface area contributed by atoms with E-state index in [1.54, 1.807) is 0 Å². The first-order chi connectivity index (χ1) is 30.1. The van der Waals surface area contributed by atoms with Crippen LogP contribution in [0, 0.1) is 36.5 Å². The minimum absolute atomic E-state index is 0.0163. The second-order valence-corrected chi connectivity index (χ2v) is 12.6. The lowest BCUT2D eigenvalue weighted by molar-refractivity contribution is 0.0681. The summed E-state index contributed by atoms with van der Waals surface area (Å²) in [6.07, 6.45) is 2.28. The third-order valence-electron chi connectivity index (χ3n) is 8.59. The predicted molar refractivity (Wildman–Crippen MR) is 208 cm³/mol. The van der Waals surface area contributed by atoms with Gasteiger partial charge in [0, 0.05) is 6.07 Å². The number of aromatic carboxylic acids is 3. The summed E-state index contributed by atoms with van der Waals surface area (Å²) in [7, 11) is 0. The molecule has 0 saturated carbocycles. The number of ether oxygens (including phenoxy) is 1.